The smallest absolute Gasteiger partial charge is 0.399 e. The monoisotopic (exact) mass is 344 g/mol. The number of nitrogen functional groups attached to an aromatic ring is 1. The largest absolute Gasteiger partial charge is 0.416 e. The molecule has 0 bridgehead atoms. The highest BCUT2D eigenvalue weighted by Crippen LogP contribution is 2.38. The Kier molecular flexibility index (Phi) is 4.33. The molecular formula is C20H19F3N2. The molecule has 2 aromatic rings. The van der Waals surface area contributed by atoms with Gasteiger partial charge in [-0.1, -0.05) is 36.4 Å². The summed E-state index contributed by atoms with van der Waals surface area (Å²) in [5, 5.41) is 0. The number of allylic oxidation sites excluding steroid dienone is 3. The lowest BCUT2D eigenvalue weighted by atomic mass is 9.71. The van der Waals surface area contributed by atoms with Gasteiger partial charge < -0.3 is 11.5 Å². The van der Waals surface area contributed by atoms with Crippen LogP contribution in [0, 0.1) is 0 Å². The summed E-state index contributed by atoms with van der Waals surface area (Å²) in [6, 6.07) is 12.9. The van der Waals surface area contributed by atoms with Gasteiger partial charge in [-0.3, -0.25) is 0 Å². The van der Waals surface area contributed by atoms with E-state index in [4.69, 9.17) is 11.5 Å². The van der Waals surface area contributed by atoms with E-state index in [1.807, 2.05) is 42.5 Å². The van der Waals surface area contributed by atoms with Crippen molar-refractivity contribution in [2.24, 2.45) is 5.73 Å². The maximum absolute atomic E-state index is 12.8. The molecule has 0 saturated carbocycles. The van der Waals surface area contributed by atoms with E-state index in [9.17, 15) is 13.2 Å². The topological polar surface area (TPSA) is 52.0 Å². The van der Waals surface area contributed by atoms with Crippen LogP contribution < -0.4 is 11.5 Å². The Bertz CT molecular complexity index is 802. The predicted octanol–water partition coefficient (Wildman–Crippen LogP) is 4.57. The standard InChI is InChI=1S/C20H19F3N2/c21-20(22,23)16-3-1-14(2-4-16)13-19(11-9-18(25)10-12-19)15-5-7-17(24)8-6-15/h1-11H,12-13,24-25H2. The third kappa shape index (κ3) is 3.71. The van der Waals surface area contributed by atoms with Crippen molar-refractivity contribution in [3.05, 3.63) is 89.1 Å². The van der Waals surface area contributed by atoms with E-state index in [1.54, 1.807) is 0 Å². The van der Waals surface area contributed by atoms with Crippen LogP contribution in [0.5, 0.6) is 0 Å². The van der Waals surface area contributed by atoms with Crippen molar-refractivity contribution < 1.29 is 13.2 Å². The fourth-order valence-corrected chi connectivity index (χ4v) is 3.13. The Balaban J connectivity index is 1.94. The quantitative estimate of drug-likeness (QED) is 0.801. The van der Waals surface area contributed by atoms with Gasteiger partial charge in [-0.15, -0.1) is 0 Å². The SMILES string of the molecule is NC1=CCC(Cc2ccc(C(F)(F)F)cc2)(c2ccc(N)cc2)C=C1. The van der Waals surface area contributed by atoms with Crippen LogP contribution in [-0.4, -0.2) is 0 Å². The first-order valence-corrected chi connectivity index (χ1v) is 7.96. The number of nitrogens with two attached hydrogens (primary N) is 2. The van der Waals surface area contributed by atoms with E-state index in [0.717, 1.165) is 23.3 Å². The third-order valence-corrected chi connectivity index (χ3v) is 4.58. The van der Waals surface area contributed by atoms with Crippen molar-refractivity contribution in [1.29, 1.82) is 0 Å². The van der Waals surface area contributed by atoms with Gasteiger partial charge in [-0.05, 0) is 54.3 Å². The Labute approximate surface area is 144 Å². The van der Waals surface area contributed by atoms with Crippen LogP contribution in [0.2, 0.25) is 0 Å². The van der Waals surface area contributed by atoms with Gasteiger partial charge in [0.15, 0.2) is 0 Å². The lowest BCUT2D eigenvalue weighted by Crippen LogP contribution is -2.28. The molecule has 0 saturated heterocycles. The van der Waals surface area contributed by atoms with Gasteiger partial charge in [-0.2, -0.15) is 13.2 Å². The minimum atomic E-state index is -4.32. The minimum Gasteiger partial charge on any atom is -0.399 e. The second-order valence-corrected chi connectivity index (χ2v) is 6.39. The molecule has 2 nitrogen and oxygen atoms in total. The van der Waals surface area contributed by atoms with Crippen molar-refractivity contribution in [3.63, 3.8) is 0 Å². The third-order valence-electron chi connectivity index (χ3n) is 4.58. The number of alkyl halides is 3. The Morgan fingerprint density at radius 3 is 2.08 bits per heavy atom. The normalized spacial score (nSPS) is 20.4. The maximum Gasteiger partial charge on any atom is 0.416 e. The molecule has 1 unspecified atom stereocenters. The van der Waals surface area contributed by atoms with Crippen LogP contribution in [0.4, 0.5) is 18.9 Å². The van der Waals surface area contributed by atoms with E-state index in [2.05, 4.69) is 0 Å². The zero-order chi connectivity index (χ0) is 18.1. The summed E-state index contributed by atoms with van der Waals surface area (Å²) in [5.41, 5.74) is 13.9. The summed E-state index contributed by atoms with van der Waals surface area (Å²) in [6.45, 7) is 0. The lowest BCUT2D eigenvalue weighted by molar-refractivity contribution is -0.137. The van der Waals surface area contributed by atoms with Gasteiger partial charge in [0.05, 0.1) is 5.56 Å². The fraction of sp³-hybridized carbons (Fsp3) is 0.200. The molecule has 5 heteroatoms. The number of benzene rings is 2. The minimum absolute atomic E-state index is 0.351. The van der Waals surface area contributed by atoms with E-state index < -0.39 is 11.7 Å². The summed E-state index contributed by atoms with van der Waals surface area (Å²) in [4.78, 5) is 0. The Hall–Kier alpha value is -2.69. The molecule has 0 heterocycles. The Morgan fingerprint density at radius 2 is 1.56 bits per heavy atom. The summed E-state index contributed by atoms with van der Waals surface area (Å²) in [7, 11) is 0. The van der Waals surface area contributed by atoms with Gasteiger partial charge in [0, 0.05) is 16.8 Å². The van der Waals surface area contributed by atoms with Crippen LogP contribution in [-0.2, 0) is 18.0 Å². The number of halogens is 3. The average molecular weight is 344 g/mol. The molecule has 0 spiro atoms. The van der Waals surface area contributed by atoms with E-state index in [1.165, 1.54) is 12.1 Å². The highest BCUT2D eigenvalue weighted by molar-refractivity contribution is 5.46. The van der Waals surface area contributed by atoms with Crippen molar-refractivity contribution in [3.8, 4) is 0 Å². The molecule has 0 radical (unpaired) electrons. The van der Waals surface area contributed by atoms with E-state index in [-0.39, 0.29) is 5.41 Å². The number of rotatable bonds is 3. The van der Waals surface area contributed by atoms with E-state index in [0.29, 0.717) is 24.2 Å². The zero-order valence-electron chi connectivity index (χ0n) is 13.6. The first kappa shape index (κ1) is 17.1. The number of anilines is 1. The molecule has 130 valence electrons. The van der Waals surface area contributed by atoms with Crippen LogP contribution in [0.1, 0.15) is 23.1 Å². The van der Waals surface area contributed by atoms with Crippen molar-refractivity contribution in [2.45, 2.75) is 24.4 Å². The molecule has 3 rings (SSSR count). The predicted molar refractivity (Wildman–Crippen MR) is 93.7 cm³/mol. The lowest BCUT2D eigenvalue weighted by Gasteiger charge is -2.33. The molecule has 0 aromatic heterocycles. The molecule has 25 heavy (non-hydrogen) atoms. The highest BCUT2D eigenvalue weighted by atomic mass is 19.4. The van der Waals surface area contributed by atoms with Crippen molar-refractivity contribution in [2.75, 3.05) is 5.73 Å². The molecule has 4 N–H and O–H groups in total. The molecule has 1 atom stereocenters. The molecule has 1 aliphatic carbocycles. The first-order valence-electron chi connectivity index (χ1n) is 7.96. The Morgan fingerprint density at radius 1 is 0.920 bits per heavy atom. The number of hydrogen-bond donors (Lipinski definition) is 2. The van der Waals surface area contributed by atoms with E-state index >= 15 is 0 Å². The van der Waals surface area contributed by atoms with Crippen molar-refractivity contribution >= 4 is 5.69 Å². The van der Waals surface area contributed by atoms with Crippen molar-refractivity contribution in [1.82, 2.24) is 0 Å². The summed E-state index contributed by atoms with van der Waals surface area (Å²) >= 11 is 0. The van der Waals surface area contributed by atoms with Gasteiger partial charge in [0.2, 0.25) is 0 Å². The van der Waals surface area contributed by atoms with Gasteiger partial charge in [0.1, 0.15) is 0 Å². The van der Waals surface area contributed by atoms with Gasteiger partial charge >= 0.3 is 6.18 Å². The summed E-state index contributed by atoms with van der Waals surface area (Å²) in [6.07, 6.45) is 2.76. The molecular weight excluding hydrogens is 325 g/mol. The van der Waals surface area contributed by atoms with Crippen LogP contribution in [0.25, 0.3) is 0 Å². The maximum atomic E-state index is 12.8. The highest BCUT2D eigenvalue weighted by Gasteiger charge is 2.32. The fourth-order valence-electron chi connectivity index (χ4n) is 3.13. The number of hydrogen-bond acceptors (Lipinski definition) is 2. The second kappa shape index (κ2) is 6.31. The van der Waals surface area contributed by atoms with Crippen LogP contribution >= 0.6 is 0 Å². The van der Waals surface area contributed by atoms with Crippen LogP contribution in [0.15, 0.2) is 72.5 Å². The van der Waals surface area contributed by atoms with Crippen LogP contribution in [0.3, 0.4) is 0 Å². The molecule has 0 amide bonds. The summed E-state index contributed by atoms with van der Waals surface area (Å²) < 4.78 is 38.3. The summed E-state index contributed by atoms with van der Waals surface area (Å²) in [5.74, 6) is 0. The first-order chi connectivity index (χ1) is 11.8. The zero-order valence-corrected chi connectivity index (χ0v) is 13.6. The van der Waals surface area contributed by atoms with Gasteiger partial charge in [0.25, 0.3) is 0 Å². The molecule has 2 aromatic carbocycles. The molecule has 0 aliphatic heterocycles. The second-order valence-electron chi connectivity index (χ2n) is 6.39. The molecule has 0 fully saturated rings. The van der Waals surface area contributed by atoms with Gasteiger partial charge in [-0.25, -0.2) is 0 Å². The average Bonchev–Trinajstić information content (AvgIpc) is 2.57. The molecule has 1 aliphatic rings.